The molecule has 110 valence electrons. The van der Waals surface area contributed by atoms with Gasteiger partial charge in [0.2, 0.25) is 5.88 Å². The summed E-state index contributed by atoms with van der Waals surface area (Å²) < 4.78 is 6.29. The van der Waals surface area contributed by atoms with Crippen molar-refractivity contribution in [2.75, 3.05) is 0 Å². The van der Waals surface area contributed by atoms with Crippen molar-refractivity contribution in [2.24, 2.45) is 5.73 Å². The van der Waals surface area contributed by atoms with Crippen molar-refractivity contribution in [3.63, 3.8) is 0 Å². The van der Waals surface area contributed by atoms with E-state index in [1.165, 1.54) is 0 Å². The Bertz CT molecular complexity index is 893. The molecule has 2 heterocycles. The van der Waals surface area contributed by atoms with Gasteiger partial charge in [-0.25, -0.2) is 0 Å². The second-order valence-corrected chi connectivity index (χ2v) is 5.86. The van der Waals surface area contributed by atoms with E-state index in [9.17, 15) is 10.1 Å². The lowest BCUT2D eigenvalue weighted by molar-refractivity contribution is 0.391. The van der Waals surface area contributed by atoms with Gasteiger partial charge in [0, 0.05) is 16.2 Å². The maximum Gasteiger partial charge on any atom is 0.256 e. The first-order valence-corrected chi connectivity index (χ1v) is 7.38. The van der Waals surface area contributed by atoms with Crippen molar-refractivity contribution in [3.8, 4) is 11.8 Å². The summed E-state index contributed by atoms with van der Waals surface area (Å²) >= 11 is 3.47. The number of nitrogens with one attached hydrogen (secondary N) is 1. The number of rotatable bonds is 1. The fourth-order valence-corrected chi connectivity index (χ4v) is 3.14. The maximum atomic E-state index is 12.4. The molecule has 0 spiro atoms. The first kappa shape index (κ1) is 14.4. The molecule has 3 rings (SSSR count). The quantitative estimate of drug-likeness (QED) is 0.820. The number of benzene rings is 1. The van der Waals surface area contributed by atoms with Crippen molar-refractivity contribution in [1.82, 2.24) is 4.98 Å². The van der Waals surface area contributed by atoms with Crippen LogP contribution in [0.2, 0.25) is 0 Å². The summed E-state index contributed by atoms with van der Waals surface area (Å²) in [4.78, 5) is 15.2. The van der Waals surface area contributed by atoms with Gasteiger partial charge in [-0.3, -0.25) is 4.79 Å². The molecule has 1 atom stereocenters. The average molecular weight is 358 g/mol. The molecule has 0 fully saturated rings. The highest BCUT2D eigenvalue weighted by Crippen LogP contribution is 2.42. The van der Waals surface area contributed by atoms with E-state index in [4.69, 9.17) is 10.5 Å². The van der Waals surface area contributed by atoms with Crippen LogP contribution in [-0.4, -0.2) is 4.98 Å². The third kappa shape index (κ3) is 2.20. The number of hydrogen-bond acceptors (Lipinski definition) is 4. The molecule has 22 heavy (non-hydrogen) atoms. The van der Waals surface area contributed by atoms with Gasteiger partial charge in [-0.15, -0.1) is 0 Å². The van der Waals surface area contributed by atoms with Gasteiger partial charge in [-0.2, -0.15) is 5.26 Å². The van der Waals surface area contributed by atoms with Crippen molar-refractivity contribution in [2.45, 2.75) is 12.8 Å². The number of ether oxygens (including phenoxy) is 1. The van der Waals surface area contributed by atoms with Crippen LogP contribution in [0.5, 0.6) is 5.75 Å². The standard InChI is InChI=1S/C16H12BrN3O2/c1-8-6-12-14(16(21)20-8)13(10(7-18)15(19)22-12)9-4-2-3-5-11(9)17/h2-6,13H,19H2,1H3,(H,20,21)/t13-/m0/s1. The molecular weight excluding hydrogens is 346 g/mol. The fraction of sp³-hybridized carbons (Fsp3) is 0.125. The molecule has 0 unspecified atom stereocenters. The minimum absolute atomic E-state index is 0.0285. The lowest BCUT2D eigenvalue weighted by Gasteiger charge is -2.26. The van der Waals surface area contributed by atoms with Crippen LogP contribution < -0.4 is 16.0 Å². The van der Waals surface area contributed by atoms with Gasteiger partial charge in [-0.05, 0) is 18.6 Å². The first-order chi connectivity index (χ1) is 10.5. The Hall–Kier alpha value is -2.52. The predicted octanol–water partition coefficient (Wildman–Crippen LogP) is 2.66. The van der Waals surface area contributed by atoms with Gasteiger partial charge >= 0.3 is 0 Å². The summed E-state index contributed by atoms with van der Waals surface area (Å²) in [7, 11) is 0. The topological polar surface area (TPSA) is 91.9 Å². The SMILES string of the molecule is Cc1cc2c(c(=O)[nH]1)[C@@H](c1ccccc1Br)C(C#N)=C(N)O2. The van der Waals surface area contributed by atoms with Gasteiger partial charge in [0.05, 0.1) is 11.5 Å². The largest absolute Gasteiger partial charge is 0.440 e. The molecule has 0 saturated carbocycles. The molecular formula is C16H12BrN3O2. The second-order valence-electron chi connectivity index (χ2n) is 5.01. The number of aromatic amines is 1. The van der Waals surface area contributed by atoms with Gasteiger partial charge in [-0.1, -0.05) is 34.1 Å². The molecule has 0 aliphatic carbocycles. The monoisotopic (exact) mass is 357 g/mol. The van der Waals surface area contributed by atoms with Crippen LogP contribution in [-0.2, 0) is 0 Å². The molecule has 2 aromatic rings. The number of nitriles is 1. The zero-order chi connectivity index (χ0) is 15.9. The number of aromatic nitrogens is 1. The zero-order valence-electron chi connectivity index (χ0n) is 11.7. The smallest absolute Gasteiger partial charge is 0.256 e. The van der Waals surface area contributed by atoms with Crippen LogP contribution in [0.3, 0.4) is 0 Å². The summed E-state index contributed by atoms with van der Waals surface area (Å²) in [5, 5.41) is 9.46. The number of pyridine rings is 1. The normalized spacial score (nSPS) is 16.7. The molecule has 1 aliphatic heterocycles. The van der Waals surface area contributed by atoms with Crippen LogP contribution >= 0.6 is 15.9 Å². The number of hydrogen-bond donors (Lipinski definition) is 2. The number of nitrogens with zero attached hydrogens (tertiary/aromatic N) is 1. The fourth-order valence-electron chi connectivity index (χ4n) is 2.63. The van der Waals surface area contributed by atoms with E-state index >= 15 is 0 Å². The van der Waals surface area contributed by atoms with Gasteiger partial charge in [0.15, 0.2) is 0 Å². The van der Waals surface area contributed by atoms with Crippen molar-refractivity contribution >= 4 is 15.9 Å². The minimum Gasteiger partial charge on any atom is -0.440 e. The van der Waals surface area contributed by atoms with Crippen molar-refractivity contribution in [3.05, 3.63) is 73.4 Å². The summed E-state index contributed by atoms with van der Waals surface area (Å²) in [5.41, 5.74) is 7.69. The molecule has 6 heteroatoms. The maximum absolute atomic E-state index is 12.4. The Morgan fingerprint density at radius 3 is 2.82 bits per heavy atom. The average Bonchev–Trinajstić information content (AvgIpc) is 2.46. The van der Waals surface area contributed by atoms with Crippen molar-refractivity contribution < 1.29 is 4.74 Å². The van der Waals surface area contributed by atoms with Crippen LogP contribution in [0.1, 0.15) is 22.7 Å². The lowest BCUT2D eigenvalue weighted by Crippen LogP contribution is -2.28. The predicted molar refractivity (Wildman–Crippen MR) is 85.2 cm³/mol. The van der Waals surface area contributed by atoms with E-state index < -0.39 is 5.92 Å². The molecule has 0 radical (unpaired) electrons. The number of fused-ring (bicyclic) bond motifs is 1. The number of aryl methyl sites for hydroxylation is 1. The Kier molecular flexibility index (Phi) is 3.51. The zero-order valence-corrected chi connectivity index (χ0v) is 13.3. The van der Waals surface area contributed by atoms with Gasteiger partial charge in [0.1, 0.15) is 17.4 Å². The van der Waals surface area contributed by atoms with E-state index in [-0.39, 0.29) is 17.0 Å². The third-order valence-electron chi connectivity index (χ3n) is 3.57. The number of allylic oxidation sites excluding steroid dienone is 1. The van der Waals surface area contributed by atoms with Gasteiger partial charge < -0.3 is 15.5 Å². The Balaban J connectivity index is 2.35. The number of halogens is 1. The third-order valence-corrected chi connectivity index (χ3v) is 4.29. The van der Waals surface area contributed by atoms with Crippen LogP contribution in [0.4, 0.5) is 0 Å². The Labute approximate surface area is 135 Å². The summed E-state index contributed by atoms with van der Waals surface area (Å²) in [6, 6.07) is 11.2. The Morgan fingerprint density at radius 2 is 2.14 bits per heavy atom. The molecule has 1 aromatic heterocycles. The molecule has 0 amide bonds. The molecule has 0 saturated heterocycles. The highest BCUT2D eigenvalue weighted by molar-refractivity contribution is 9.10. The molecule has 5 nitrogen and oxygen atoms in total. The second kappa shape index (κ2) is 5.35. The summed E-state index contributed by atoms with van der Waals surface area (Å²) in [5.74, 6) is -0.145. The minimum atomic E-state index is -0.561. The van der Waals surface area contributed by atoms with Crippen LogP contribution in [0.25, 0.3) is 0 Å². The first-order valence-electron chi connectivity index (χ1n) is 6.58. The van der Waals surface area contributed by atoms with Crippen molar-refractivity contribution in [1.29, 1.82) is 5.26 Å². The lowest BCUT2D eigenvalue weighted by atomic mass is 9.84. The Morgan fingerprint density at radius 1 is 1.41 bits per heavy atom. The highest BCUT2D eigenvalue weighted by Gasteiger charge is 2.34. The van der Waals surface area contributed by atoms with Crippen LogP contribution in [0, 0.1) is 18.3 Å². The van der Waals surface area contributed by atoms with Crippen LogP contribution in [0.15, 0.2) is 51.1 Å². The molecule has 3 N–H and O–H groups in total. The molecule has 0 bridgehead atoms. The summed E-state index contributed by atoms with van der Waals surface area (Å²) in [6.45, 7) is 1.76. The number of H-pyrrole nitrogens is 1. The number of nitrogens with two attached hydrogens (primary N) is 1. The van der Waals surface area contributed by atoms with E-state index in [1.54, 1.807) is 13.0 Å². The van der Waals surface area contributed by atoms with E-state index in [0.717, 1.165) is 10.0 Å². The van der Waals surface area contributed by atoms with E-state index in [1.807, 2.05) is 24.3 Å². The molecule has 1 aromatic carbocycles. The molecule has 1 aliphatic rings. The highest BCUT2D eigenvalue weighted by atomic mass is 79.9. The van der Waals surface area contributed by atoms with E-state index in [0.29, 0.717) is 17.0 Å². The summed E-state index contributed by atoms with van der Waals surface area (Å²) in [6.07, 6.45) is 0. The van der Waals surface area contributed by atoms with Gasteiger partial charge in [0.25, 0.3) is 5.56 Å². The van der Waals surface area contributed by atoms with E-state index in [2.05, 4.69) is 27.0 Å².